The number of hydrogen-bond acceptors (Lipinski definition) is 6. The van der Waals surface area contributed by atoms with Crippen molar-refractivity contribution < 1.29 is 39.9 Å². The number of nitrogens with zero attached hydrogens (tertiary/aromatic N) is 1. The monoisotopic (exact) mass is 522 g/mol. The van der Waals surface area contributed by atoms with E-state index in [1.807, 2.05) is 30.3 Å². The number of nitrogens with two attached hydrogens (primary N) is 1. The van der Waals surface area contributed by atoms with Gasteiger partial charge in [0, 0.05) is 19.6 Å². The molecule has 1 heterocycles. The van der Waals surface area contributed by atoms with Crippen LogP contribution in [0.15, 0.2) is 59.5 Å². The first-order chi connectivity index (χ1) is 15.7. The molecular formula is C21H25F3N2O6S2. The van der Waals surface area contributed by atoms with Gasteiger partial charge in [0.25, 0.3) is 0 Å². The molecule has 188 valence electrons. The van der Waals surface area contributed by atoms with E-state index < -0.39 is 37.3 Å². The number of sulfonamides is 1. The average molecular weight is 523 g/mol. The van der Waals surface area contributed by atoms with Crippen LogP contribution in [0.25, 0.3) is 0 Å². The highest BCUT2D eigenvalue weighted by Crippen LogP contribution is 2.33. The first kappa shape index (κ1) is 27.8. The maximum absolute atomic E-state index is 13.2. The van der Waals surface area contributed by atoms with Gasteiger partial charge >= 0.3 is 12.1 Å². The summed E-state index contributed by atoms with van der Waals surface area (Å²) in [6.07, 6.45) is -3.58. The third-order valence-corrected chi connectivity index (χ3v) is 8.63. The lowest BCUT2D eigenvalue weighted by molar-refractivity contribution is -0.192. The molecule has 1 saturated heterocycles. The molecule has 1 aliphatic heterocycles. The van der Waals surface area contributed by atoms with Gasteiger partial charge in [0.2, 0.25) is 10.0 Å². The lowest BCUT2D eigenvalue weighted by Crippen LogP contribution is -2.47. The molecule has 0 amide bonds. The lowest BCUT2D eigenvalue weighted by atomic mass is 9.91. The number of halogens is 3. The van der Waals surface area contributed by atoms with Crippen molar-refractivity contribution in [3.05, 3.63) is 65.7 Å². The van der Waals surface area contributed by atoms with Crippen LogP contribution in [0.1, 0.15) is 23.5 Å². The summed E-state index contributed by atoms with van der Waals surface area (Å²) >= 11 is 0. The molecule has 3 rings (SSSR count). The SMILES string of the molecule is CS(=O)(=O)N1CC(c2ccccc2)CC(S(=O)(=O)c2cccc(CN)c2)C1.O=C(O)C(F)(F)F. The van der Waals surface area contributed by atoms with Gasteiger partial charge in [-0.15, -0.1) is 0 Å². The summed E-state index contributed by atoms with van der Waals surface area (Å²) in [5, 5.41) is 6.32. The number of carboxylic acids is 1. The smallest absolute Gasteiger partial charge is 0.475 e. The fourth-order valence-corrected chi connectivity index (χ4v) is 6.34. The zero-order valence-electron chi connectivity index (χ0n) is 18.1. The van der Waals surface area contributed by atoms with Crippen LogP contribution in [0.5, 0.6) is 0 Å². The summed E-state index contributed by atoms with van der Waals surface area (Å²) in [5.74, 6) is -2.93. The van der Waals surface area contributed by atoms with Crippen LogP contribution < -0.4 is 5.73 Å². The fraction of sp³-hybridized carbons (Fsp3) is 0.381. The van der Waals surface area contributed by atoms with Crippen molar-refractivity contribution in [3.8, 4) is 0 Å². The molecule has 34 heavy (non-hydrogen) atoms. The molecule has 0 saturated carbocycles. The summed E-state index contributed by atoms with van der Waals surface area (Å²) in [5.41, 5.74) is 7.31. The Hall–Kier alpha value is -2.48. The standard InChI is InChI=1S/C19H24N2O4S2.C2HF3O2/c1-26(22,23)21-13-17(16-7-3-2-4-8-16)11-19(14-21)27(24,25)18-9-5-6-15(10-18)12-20;3-2(4,5)1(6)7/h2-10,17,19H,11-14,20H2,1H3;(H,6,7). The van der Waals surface area contributed by atoms with Crippen molar-refractivity contribution >= 4 is 25.8 Å². The van der Waals surface area contributed by atoms with Crippen LogP contribution in [0.2, 0.25) is 0 Å². The molecule has 2 unspecified atom stereocenters. The van der Waals surface area contributed by atoms with Crippen molar-refractivity contribution in [2.24, 2.45) is 5.73 Å². The van der Waals surface area contributed by atoms with Gasteiger partial charge in [-0.05, 0) is 35.6 Å². The molecule has 1 aliphatic rings. The van der Waals surface area contributed by atoms with Crippen molar-refractivity contribution in [2.45, 2.75) is 35.2 Å². The van der Waals surface area contributed by atoms with E-state index in [4.69, 9.17) is 15.6 Å². The number of rotatable bonds is 5. The molecule has 13 heteroatoms. The Morgan fingerprint density at radius 2 is 1.65 bits per heavy atom. The minimum atomic E-state index is -5.08. The molecule has 0 bridgehead atoms. The fourth-order valence-electron chi connectivity index (χ4n) is 3.52. The zero-order valence-corrected chi connectivity index (χ0v) is 19.8. The van der Waals surface area contributed by atoms with E-state index in [2.05, 4.69) is 0 Å². The quantitative estimate of drug-likeness (QED) is 0.616. The third-order valence-electron chi connectivity index (χ3n) is 5.26. The minimum absolute atomic E-state index is 0.0304. The number of piperidine rings is 1. The van der Waals surface area contributed by atoms with Crippen molar-refractivity contribution in [3.63, 3.8) is 0 Å². The second-order valence-corrected chi connectivity index (χ2v) is 12.0. The van der Waals surface area contributed by atoms with E-state index in [1.54, 1.807) is 24.3 Å². The normalized spacial score (nSPS) is 19.7. The molecule has 0 aromatic heterocycles. The van der Waals surface area contributed by atoms with Crippen LogP contribution in [0.4, 0.5) is 13.2 Å². The molecule has 1 fully saturated rings. The van der Waals surface area contributed by atoms with E-state index in [-0.39, 0.29) is 30.4 Å². The van der Waals surface area contributed by atoms with Gasteiger partial charge in [-0.2, -0.15) is 13.2 Å². The Morgan fingerprint density at radius 1 is 1.06 bits per heavy atom. The van der Waals surface area contributed by atoms with E-state index in [0.29, 0.717) is 6.42 Å². The topological polar surface area (TPSA) is 135 Å². The van der Waals surface area contributed by atoms with E-state index in [9.17, 15) is 30.0 Å². The van der Waals surface area contributed by atoms with Crippen LogP contribution in [-0.2, 0) is 31.2 Å². The van der Waals surface area contributed by atoms with Crippen LogP contribution in [0, 0.1) is 0 Å². The molecule has 3 N–H and O–H groups in total. The van der Waals surface area contributed by atoms with Crippen LogP contribution in [-0.4, -0.2) is 63.0 Å². The van der Waals surface area contributed by atoms with Crippen molar-refractivity contribution in [1.82, 2.24) is 4.31 Å². The van der Waals surface area contributed by atoms with Gasteiger partial charge in [-0.1, -0.05) is 42.5 Å². The number of sulfone groups is 1. The Bertz CT molecular complexity index is 1200. The first-order valence-corrected chi connectivity index (χ1v) is 13.4. The number of carbonyl (C=O) groups is 1. The largest absolute Gasteiger partial charge is 0.490 e. The van der Waals surface area contributed by atoms with Crippen molar-refractivity contribution in [1.29, 1.82) is 0 Å². The summed E-state index contributed by atoms with van der Waals surface area (Å²) in [7, 11) is -7.20. The summed E-state index contributed by atoms with van der Waals surface area (Å²) in [4.78, 5) is 9.09. The second kappa shape index (κ2) is 10.8. The number of carboxylic acid groups (broad SMARTS) is 1. The van der Waals surface area contributed by atoms with Gasteiger partial charge in [0.1, 0.15) is 0 Å². The molecule has 2 aromatic carbocycles. The Balaban J connectivity index is 0.000000509. The first-order valence-electron chi connectivity index (χ1n) is 9.99. The molecule has 8 nitrogen and oxygen atoms in total. The maximum atomic E-state index is 13.2. The predicted molar refractivity (Wildman–Crippen MR) is 119 cm³/mol. The molecular weight excluding hydrogens is 497 g/mol. The molecule has 0 spiro atoms. The molecule has 0 aliphatic carbocycles. The van der Waals surface area contributed by atoms with Crippen LogP contribution in [0.3, 0.4) is 0 Å². The summed E-state index contributed by atoms with van der Waals surface area (Å²) in [6, 6.07) is 16.0. The Kier molecular flexibility index (Phi) is 8.86. The third kappa shape index (κ3) is 7.26. The van der Waals surface area contributed by atoms with E-state index in [1.165, 1.54) is 4.31 Å². The van der Waals surface area contributed by atoms with Gasteiger partial charge < -0.3 is 10.8 Å². The van der Waals surface area contributed by atoms with Gasteiger partial charge in [-0.3, -0.25) is 0 Å². The molecule has 2 aromatic rings. The highest BCUT2D eigenvalue weighted by molar-refractivity contribution is 7.92. The predicted octanol–water partition coefficient (Wildman–Crippen LogP) is 2.37. The minimum Gasteiger partial charge on any atom is -0.475 e. The van der Waals surface area contributed by atoms with Gasteiger partial charge in [0.05, 0.1) is 16.4 Å². The Labute approximate surface area is 196 Å². The van der Waals surface area contributed by atoms with Gasteiger partial charge in [-0.25, -0.2) is 25.9 Å². The number of hydrogen-bond donors (Lipinski definition) is 2. The number of aliphatic carboxylic acids is 1. The van der Waals surface area contributed by atoms with Crippen LogP contribution >= 0.6 is 0 Å². The lowest BCUT2D eigenvalue weighted by Gasteiger charge is -2.36. The highest BCUT2D eigenvalue weighted by atomic mass is 32.2. The highest BCUT2D eigenvalue weighted by Gasteiger charge is 2.40. The number of benzene rings is 2. The summed E-state index contributed by atoms with van der Waals surface area (Å²) in [6.45, 7) is 0.505. The van der Waals surface area contributed by atoms with Crippen molar-refractivity contribution in [2.75, 3.05) is 19.3 Å². The van der Waals surface area contributed by atoms with E-state index in [0.717, 1.165) is 17.4 Å². The van der Waals surface area contributed by atoms with E-state index >= 15 is 0 Å². The Morgan fingerprint density at radius 3 is 2.15 bits per heavy atom. The zero-order chi connectivity index (χ0) is 25.7. The average Bonchev–Trinajstić information content (AvgIpc) is 2.78. The second-order valence-electron chi connectivity index (χ2n) is 7.74. The molecule has 2 atom stereocenters. The summed E-state index contributed by atoms with van der Waals surface area (Å²) < 4.78 is 83.9. The van der Waals surface area contributed by atoms with Gasteiger partial charge in [0.15, 0.2) is 9.84 Å². The number of alkyl halides is 3. The maximum Gasteiger partial charge on any atom is 0.490 e. The molecule has 0 radical (unpaired) electrons.